The first-order valence-electron chi connectivity index (χ1n) is 5.66. The molecule has 0 fully saturated rings. The first-order valence-corrected chi connectivity index (χ1v) is 6.48. The van der Waals surface area contributed by atoms with Crippen LogP contribution in [-0.4, -0.2) is 15.9 Å². The van der Waals surface area contributed by atoms with Crippen molar-refractivity contribution < 1.29 is 14.3 Å². The summed E-state index contributed by atoms with van der Waals surface area (Å²) < 4.78 is 13.2. The number of halogens is 1. The lowest BCUT2D eigenvalue weighted by Gasteiger charge is -2.06. The van der Waals surface area contributed by atoms with Gasteiger partial charge in [0.05, 0.1) is 10.6 Å². The monoisotopic (exact) mass is 263 g/mol. The number of Topliss-reactive ketones (excluding diaryl/α,β-unsaturated/α-hetero) is 1. The molecule has 1 aromatic carbocycles. The van der Waals surface area contributed by atoms with Crippen LogP contribution in [0, 0.1) is 5.82 Å². The van der Waals surface area contributed by atoms with Crippen LogP contribution in [-0.2, 0) is 6.42 Å². The van der Waals surface area contributed by atoms with Crippen molar-refractivity contribution in [3.05, 3.63) is 34.6 Å². The molecule has 1 aliphatic carbocycles. The number of rotatable bonds is 1. The average Bonchev–Trinajstić information content (AvgIpc) is 2.73. The smallest absolute Gasteiger partial charge is 0.174 e. The fourth-order valence-corrected chi connectivity index (χ4v) is 3.16. The highest BCUT2D eigenvalue weighted by Crippen LogP contribution is 2.34. The minimum absolute atomic E-state index is 0.112. The van der Waals surface area contributed by atoms with Crippen molar-refractivity contribution in [3.63, 3.8) is 0 Å². The van der Waals surface area contributed by atoms with Crippen LogP contribution in [0.2, 0.25) is 0 Å². The minimum atomic E-state index is -0.510. The maximum atomic E-state index is 13.2. The molecule has 0 saturated carbocycles. The molecule has 0 amide bonds. The van der Waals surface area contributed by atoms with E-state index in [2.05, 4.69) is 4.98 Å². The van der Waals surface area contributed by atoms with E-state index in [9.17, 15) is 14.3 Å². The number of carbonyl (C=O) groups is 1. The van der Waals surface area contributed by atoms with Gasteiger partial charge in [-0.3, -0.25) is 4.79 Å². The molecular weight excluding hydrogens is 253 g/mol. The largest absolute Gasteiger partial charge is 0.508 e. The Balaban J connectivity index is 2.10. The van der Waals surface area contributed by atoms with E-state index in [4.69, 9.17) is 0 Å². The van der Waals surface area contributed by atoms with E-state index < -0.39 is 5.82 Å². The van der Waals surface area contributed by atoms with Crippen molar-refractivity contribution in [2.45, 2.75) is 19.3 Å². The highest BCUT2D eigenvalue weighted by molar-refractivity contribution is 7.17. The molecule has 2 aromatic rings. The van der Waals surface area contributed by atoms with E-state index in [0.717, 1.165) is 24.6 Å². The minimum Gasteiger partial charge on any atom is -0.508 e. The number of nitrogens with zero attached hydrogens (tertiary/aromatic N) is 1. The molecule has 0 aliphatic heterocycles. The molecule has 0 spiro atoms. The van der Waals surface area contributed by atoms with Gasteiger partial charge in [-0.05, 0) is 25.0 Å². The zero-order valence-corrected chi connectivity index (χ0v) is 10.3. The summed E-state index contributed by atoms with van der Waals surface area (Å²) in [5, 5.41) is 9.97. The van der Waals surface area contributed by atoms with E-state index in [-0.39, 0.29) is 11.5 Å². The molecule has 1 aliphatic rings. The van der Waals surface area contributed by atoms with E-state index in [1.807, 2.05) is 0 Å². The predicted octanol–water partition coefficient (Wildman–Crippen LogP) is 3.17. The number of thiazole rings is 1. The summed E-state index contributed by atoms with van der Waals surface area (Å²) in [5.74, 6) is -0.533. The van der Waals surface area contributed by atoms with Crippen molar-refractivity contribution in [1.29, 1.82) is 0 Å². The van der Waals surface area contributed by atoms with Gasteiger partial charge in [0.2, 0.25) is 0 Å². The van der Waals surface area contributed by atoms with Crippen LogP contribution in [0.25, 0.3) is 10.6 Å². The van der Waals surface area contributed by atoms with Crippen LogP contribution in [0.5, 0.6) is 5.75 Å². The van der Waals surface area contributed by atoms with Crippen LogP contribution in [0.15, 0.2) is 18.2 Å². The van der Waals surface area contributed by atoms with E-state index in [1.165, 1.54) is 23.5 Å². The second-order valence-electron chi connectivity index (χ2n) is 4.27. The van der Waals surface area contributed by atoms with Crippen LogP contribution in [0.4, 0.5) is 4.39 Å². The highest BCUT2D eigenvalue weighted by Gasteiger charge is 2.22. The third kappa shape index (κ3) is 1.90. The second-order valence-corrected chi connectivity index (χ2v) is 5.27. The van der Waals surface area contributed by atoms with Crippen molar-refractivity contribution in [1.82, 2.24) is 4.98 Å². The SMILES string of the molecule is O=C1CCCc2nc(-c3cc(O)cc(F)c3)sc21. The number of phenols is 1. The second kappa shape index (κ2) is 4.17. The third-order valence-corrected chi connectivity index (χ3v) is 4.09. The van der Waals surface area contributed by atoms with Crippen LogP contribution in [0.1, 0.15) is 28.2 Å². The lowest BCUT2D eigenvalue weighted by Crippen LogP contribution is -2.07. The average molecular weight is 263 g/mol. The van der Waals surface area contributed by atoms with Crippen molar-refractivity contribution >= 4 is 17.1 Å². The lowest BCUT2D eigenvalue weighted by molar-refractivity contribution is 0.0976. The van der Waals surface area contributed by atoms with Crippen LogP contribution in [0.3, 0.4) is 0 Å². The molecule has 0 bridgehead atoms. The summed E-state index contributed by atoms with van der Waals surface area (Å²) in [5.41, 5.74) is 1.31. The van der Waals surface area contributed by atoms with Gasteiger partial charge in [0.15, 0.2) is 5.78 Å². The molecule has 5 heteroatoms. The van der Waals surface area contributed by atoms with Crippen LogP contribution < -0.4 is 0 Å². The normalized spacial score (nSPS) is 14.6. The summed E-state index contributed by atoms with van der Waals surface area (Å²) in [7, 11) is 0. The maximum absolute atomic E-state index is 13.2. The molecule has 0 saturated heterocycles. The molecule has 0 unspecified atom stereocenters. The molecule has 3 nitrogen and oxygen atoms in total. The summed E-state index contributed by atoms with van der Waals surface area (Å²) in [6.45, 7) is 0. The molecule has 3 rings (SSSR count). The number of hydrogen-bond acceptors (Lipinski definition) is 4. The topological polar surface area (TPSA) is 50.2 Å². The fourth-order valence-electron chi connectivity index (χ4n) is 2.09. The van der Waals surface area contributed by atoms with Crippen LogP contribution >= 0.6 is 11.3 Å². The molecule has 0 radical (unpaired) electrons. The Kier molecular flexibility index (Phi) is 2.63. The quantitative estimate of drug-likeness (QED) is 0.859. The Morgan fingerprint density at radius 2 is 2.11 bits per heavy atom. The Morgan fingerprint density at radius 1 is 1.28 bits per heavy atom. The van der Waals surface area contributed by atoms with E-state index >= 15 is 0 Å². The molecule has 1 heterocycles. The van der Waals surface area contributed by atoms with Gasteiger partial charge in [-0.15, -0.1) is 11.3 Å². The molecule has 18 heavy (non-hydrogen) atoms. The van der Waals surface area contributed by atoms with Gasteiger partial charge in [0.25, 0.3) is 0 Å². The lowest BCUT2D eigenvalue weighted by atomic mass is 10.0. The van der Waals surface area contributed by atoms with Gasteiger partial charge >= 0.3 is 0 Å². The molecule has 1 aromatic heterocycles. The molecule has 0 atom stereocenters. The van der Waals surface area contributed by atoms with Crippen molar-refractivity contribution in [2.24, 2.45) is 0 Å². The summed E-state index contributed by atoms with van der Waals surface area (Å²) >= 11 is 1.28. The number of hydrogen-bond donors (Lipinski definition) is 1. The number of fused-ring (bicyclic) bond motifs is 1. The number of benzene rings is 1. The Hall–Kier alpha value is -1.75. The van der Waals surface area contributed by atoms with E-state index in [0.29, 0.717) is 21.9 Å². The van der Waals surface area contributed by atoms with Crippen molar-refractivity contribution in [3.8, 4) is 16.3 Å². The summed E-state index contributed by atoms with van der Waals surface area (Å²) in [4.78, 5) is 16.8. The predicted molar refractivity (Wildman–Crippen MR) is 66.4 cm³/mol. The molecular formula is C13H10FNO2S. The standard InChI is InChI=1S/C13H10FNO2S/c14-8-4-7(5-9(16)6-8)13-15-10-2-1-3-11(17)12(10)18-13/h4-6,16H,1-3H2. The first kappa shape index (κ1) is 11.3. The zero-order chi connectivity index (χ0) is 12.7. The zero-order valence-electron chi connectivity index (χ0n) is 9.44. The number of carbonyl (C=O) groups excluding carboxylic acids is 1. The Bertz CT molecular complexity index is 616. The third-order valence-electron chi connectivity index (χ3n) is 2.90. The maximum Gasteiger partial charge on any atom is 0.174 e. The highest BCUT2D eigenvalue weighted by atomic mass is 32.1. The van der Waals surface area contributed by atoms with Gasteiger partial charge < -0.3 is 5.11 Å². The van der Waals surface area contributed by atoms with Gasteiger partial charge in [-0.1, -0.05) is 0 Å². The fraction of sp³-hybridized carbons (Fsp3) is 0.231. The number of ketones is 1. The summed E-state index contributed by atoms with van der Waals surface area (Å²) in [6.07, 6.45) is 2.17. The summed E-state index contributed by atoms with van der Waals surface area (Å²) in [6, 6.07) is 3.81. The number of aromatic hydroxyl groups is 1. The van der Waals surface area contributed by atoms with Gasteiger partial charge in [-0.2, -0.15) is 0 Å². The van der Waals surface area contributed by atoms with E-state index in [1.54, 1.807) is 0 Å². The Labute approximate surface area is 107 Å². The van der Waals surface area contributed by atoms with Gasteiger partial charge in [0, 0.05) is 18.1 Å². The van der Waals surface area contributed by atoms with Gasteiger partial charge in [-0.25, -0.2) is 9.37 Å². The number of aryl methyl sites for hydroxylation is 1. The number of aromatic nitrogens is 1. The number of phenolic OH excluding ortho intramolecular Hbond substituents is 1. The van der Waals surface area contributed by atoms with Gasteiger partial charge in [0.1, 0.15) is 16.6 Å². The van der Waals surface area contributed by atoms with Crippen molar-refractivity contribution in [2.75, 3.05) is 0 Å². The molecule has 92 valence electrons. The molecule has 1 N–H and O–H groups in total. The Morgan fingerprint density at radius 3 is 2.83 bits per heavy atom. The first-order chi connectivity index (χ1) is 8.63.